The fourth-order valence-electron chi connectivity index (χ4n) is 3.52. The average molecular weight is 465 g/mol. The second-order valence-electron chi connectivity index (χ2n) is 8.02. The third-order valence-electron chi connectivity index (χ3n) is 5.26. The van der Waals surface area contributed by atoms with Gasteiger partial charge in [0.05, 0.1) is 10.2 Å². The Balaban J connectivity index is 1.58. The van der Waals surface area contributed by atoms with E-state index in [9.17, 15) is 4.79 Å². The monoisotopic (exact) mass is 464 g/mol. The highest BCUT2D eigenvalue weighted by Crippen LogP contribution is 2.29. The Labute approximate surface area is 197 Å². The van der Waals surface area contributed by atoms with Gasteiger partial charge in [-0.1, -0.05) is 12.2 Å². The second-order valence-corrected chi connectivity index (χ2v) is 9.05. The number of likely N-dealkylation sites (N-methyl/N-ethyl adjacent to an activating group) is 1. The second kappa shape index (κ2) is 10.1. The number of pyridine rings is 1. The number of fused-ring (bicyclic) bond motifs is 1. The number of nitrogens with one attached hydrogen (secondary N) is 1. The number of carbonyl (C=O) groups excluding carboxylic acids is 1. The Hall–Kier alpha value is -3.37. The largest absolute Gasteiger partial charge is 0.338 e. The van der Waals surface area contributed by atoms with Crippen LogP contribution in [0.4, 0.5) is 17.6 Å². The van der Waals surface area contributed by atoms with Crippen molar-refractivity contribution >= 4 is 51.1 Å². The summed E-state index contributed by atoms with van der Waals surface area (Å²) in [6.07, 6.45) is 8.21. The van der Waals surface area contributed by atoms with Crippen molar-refractivity contribution in [2.45, 2.75) is 13.8 Å². The summed E-state index contributed by atoms with van der Waals surface area (Å²) in [6, 6.07) is 3.83. The highest BCUT2D eigenvalue weighted by atomic mass is 32.1. The Morgan fingerprint density at radius 2 is 1.94 bits per heavy atom. The Morgan fingerprint density at radius 1 is 1.15 bits per heavy atom. The van der Waals surface area contributed by atoms with E-state index in [1.165, 1.54) is 16.2 Å². The molecule has 172 valence electrons. The van der Waals surface area contributed by atoms with Crippen LogP contribution >= 0.6 is 11.3 Å². The summed E-state index contributed by atoms with van der Waals surface area (Å²) >= 11 is 1.54. The number of anilines is 3. The van der Waals surface area contributed by atoms with E-state index >= 15 is 0 Å². The van der Waals surface area contributed by atoms with Crippen LogP contribution in [0.1, 0.15) is 17.6 Å². The van der Waals surface area contributed by atoms with Gasteiger partial charge in [-0.3, -0.25) is 4.79 Å². The Kier molecular flexibility index (Phi) is 6.95. The lowest BCUT2D eigenvalue weighted by Crippen LogP contribution is -2.45. The summed E-state index contributed by atoms with van der Waals surface area (Å²) in [5.74, 6) is 2.12. The number of piperazine rings is 1. The van der Waals surface area contributed by atoms with Gasteiger partial charge in [-0.2, -0.15) is 4.98 Å². The first-order valence-electron chi connectivity index (χ1n) is 10.8. The summed E-state index contributed by atoms with van der Waals surface area (Å²) in [4.78, 5) is 35.7. The molecule has 3 aromatic rings. The summed E-state index contributed by atoms with van der Waals surface area (Å²) in [6.45, 7) is 7.72. The van der Waals surface area contributed by atoms with Crippen LogP contribution in [0.25, 0.3) is 15.8 Å². The fourth-order valence-corrected chi connectivity index (χ4v) is 4.43. The Bertz CT molecular complexity index is 1200. The number of nitrogens with zero attached hydrogens (tertiary/aromatic N) is 7. The van der Waals surface area contributed by atoms with Gasteiger partial charge in [0.25, 0.3) is 0 Å². The average Bonchev–Trinajstić information content (AvgIpc) is 3.22. The third-order valence-corrected chi connectivity index (χ3v) is 6.32. The number of aromatic nitrogens is 4. The highest BCUT2D eigenvalue weighted by molar-refractivity contribution is 7.19. The zero-order chi connectivity index (χ0) is 23.4. The molecule has 0 saturated carbocycles. The maximum Gasteiger partial charge on any atom is 0.227 e. The van der Waals surface area contributed by atoms with Crippen molar-refractivity contribution in [3.05, 3.63) is 47.4 Å². The summed E-state index contributed by atoms with van der Waals surface area (Å²) in [5, 5.41) is 4.14. The van der Waals surface area contributed by atoms with Crippen LogP contribution in [0.3, 0.4) is 0 Å². The van der Waals surface area contributed by atoms with Crippen LogP contribution in [0.2, 0.25) is 0 Å². The quantitative estimate of drug-likeness (QED) is 0.421. The molecule has 0 radical (unpaired) electrons. The van der Waals surface area contributed by atoms with Crippen molar-refractivity contribution in [2.75, 3.05) is 50.5 Å². The summed E-state index contributed by atoms with van der Waals surface area (Å²) in [5.41, 5.74) is 2.60. The van der Waals surface area contributed by atoms with E-state index in [-0.39, 0.29) is 0 Å². The van der Waals surface area contributed by atoms with Crippen molar-refractivity contribution in [1.29, 1.82) is 0 Å². The summed E-state index contributed by atoms with van der Waals surface area (Å²) in [7, 11) is 3.83. The molecule has 0 bridgehead atoms. The highest BCUT2D eigenvalue weighted by Gasteiger charge is 2.17. The van der Waals surface area contributed by atoms with Gasteiger partial charge < -0.3 is 20.0 Å². The van der Waals surface area contributed by atoms with Crippen LogP contribution in [-0.2, 0) is 4.79 Å². The Morgan fingerprint density at radius 3 is 2.67 bits per heavy atom. The van der Waals surface area contributed by atoms with Gasteiger partial charge in [0.1, 0.15) is 16.6 Å². The number of amides is 1. The molecule has 0 aromatic carbocycles. The normalized spacial score (nSPS) is 15.4. The molecular formula is C23H28N8OS. The van der Waals surface area contributed by atoms with Crippen LogP contribution < -0.4 is 10.2 Å². The first kappa shape index (κ1) is 22.8. The van der Waals surface area contributed by atoms with Gasteiger partial charge in [-0.15, -0.1) is 11.3 Å². The van der Waals surface area contributed by atoms with E-state index in [0.29, 0.717) is 11.6 Å². The van der Waals surface area contributed by atoms with Crippen LogP contribution in [0.15, 0.2) is 36.7 Å². The van der Waals surface area contributed by atoms with E-state index in [2.05, 4.69) is 32.1 Å². The third kappa shape index (κ3) is 5.52. The lowest BCUT2D eigenvalue weighted by molar-refractivity contribution is -0.114. The van der Waals surface area contributed by atoms with Gasteiger partial charge in [0.15, 0.2) is 0 Å². The predicted octanol–water partition coefficient (Wildman–Crippen LogP) is 3.29. The lowest BCUT2D eigenvalue weighted by atomic mass is 10.2. The number of hydrogen-bond acceptors (Lipinski definition) is 9. The molecule has 1 saturated heterocycles. The predicted molar refractivity (Wildman–Crippen MR) is 134 cm³/mol. The number of hydrogen-bond donors (Lipinski definition) is 1. The molecular weight excluding hydrogens is 436 g/mol. The van der Waals surface area contributed by atoms with Crippen LogP contribution in [0.5, 0.6) is 0 Å². The number of aryl methyl sites for hydroxylation is 1. The van der Waals surface area contributed by atoms with E-state index < -0.39 is 0 Å². The molecule has 1 amide bonds. The van der Waals surface area contributed by atoms with Gasteiger partial charge in [0.2, 0.25) is 12.4 Å². The first-order chi connectivity index (χ1) is 15.9. The van der Waals surface area contributed by atoms with Crippen molar-refractivity contribution < 1.29 is 4.79 Å². The van der Waals surface area contributed by atoms with Gasteiger partial charge in [-0.25, -0.2) is 15.0 Å². The van der Waals surface area contributed by atoms with Crippen molar-refractivity contribution in [3.63, 3.8) is 0 Å². The molecule has 0 aliphatic carbocycles. The fraction of sp³-hybridized carbons (Fsp3) is 0.348. The molecule has 4 rings (SSSR count). The number of carbonyl (C=O) groups is 1. The number of thiazole rings is 1. The molecule has 0 atom stereocenters. The zero-order valence-electron chi connectivity index (χ0n) is 19.3. The van der Waals surface area contributed by atoms with Gasteiger partial charge >= 0.3 is 0 Å². The number of allylic oxidation sites excluding steroid dienone is 3. The molecule has 1 aliphatic heterocycles. The topological polar surface area (TPSA) is 90.4 Å². The van der Waals surface area contributed by atoms with Crippen molar-refractivity contribution in [1.82, 2.24) is 29.7 Å². The maximum absolute atomic E-state index is 11.0. The minimum absolute atomic E-state index is 0.670. The molecule has 1 fully saturated rings. The van der Waals surface area contributed by atoms with E-state index in [1.54, 1.807) is 13.2 Å². The van der Waals surface area contributed by atoms with E-state index in [0.717, 1.165) is 65.0 Å². The minimum Gasteiger partial charge on any atom is -0.338 e. The molecule has 0 unspecified atom stereocenters. The maximum atomic E-state index is 11.0. The molecule has 1 N–H and O–H groups in total. The molecule has 4 heterocycles. The van der Waals surface area contributed by atoms with Gasteiger partial charge in [0, 0.05) is 69.0 Å². The molecule has 33 heavy (non-hydrogen) atoms. The summed E-state index contributed by atoms with van der Waals surface area (Å²) < 4.78 is 0.969. The molecule has 1 aliphatic rings. The SMILES string of the molecule is C/C=C\C(=C/N(C)C=O)c1nc2cc(Nc3cc(C)nc(N4CCN(C)CC4)n3)ncc2s1. The van der Waals surface area contributed by atoms with E-state index in [1.807, 2.05) is 44.3 Å². The minimum atomic E-state index is 0.670. The van der Waals surface area contributed by atoms with Crippen LogP contribution in [-0.4, -0.2) is 76.4 Å². The smallest absolute Gasteiger partial charge is 0.227 e. The molecule has 9 nitrogen and oxygen atoms in total. The molecule has 10 heteroatoms. The van der Waals surface area contributed by atoms with Crippen LogP contribution in [0, 0.1) is 6.92 Å². The zero-order valence-corrected chi connectivity index (χ0v) is 20.1. The molecule has 0 spiro atoms. The van der Waals surface area contributed by atoms with E-state index in [4.69, 9.17) is 9.97 Å². The van der Waals surface area contributed by atoms with Crippen molar-refractivity contribution in [3.8, 4) is 0 Å². The van der Waals surface area contributed by atoms with Crippen molar-refractivity contribution in [2.24, 2.45) is 0 Å². The van der Waals surface area contributed by atoms with Gasteiger partial charge in [-0.05, 0) is 20.9 Å². The molecule has 3 aromatic heterocycles. The lowest BCUT2D eigenvalue weighted by Gasteiger charge is -2.32. The first-order valence-corrected chi connectivity index (χ1v) is 11.6. The number of rotatable bonds is 7. The standard InChI is InChI=1S/C23H28N8OS/c1-5-6-17(14-30(4)15-32)22-26-18-12-20(24-13-19(18)33-22)27-21-11-16(2)25-23(28-21)31-9-7-29(3)8-10-31/h5-6,11-15H,7-10H2,1-4H3,(H,24,25,27,28)/b6-5-,17-14+.